The molecular weight excluding hydrogens is 203 g/mol. The zero-order valence-corrected chi connectivity index (χ0v) is 8.10. The van der Waals surface area contributed by atoms with Crippen LogP contribution in [-0.4, -0.2) is 12.2 Å². The summed E-state index contributed by atoms with van der Waals surface area (Å²) in [6.07, 6.45) is -3.03. The first-order valence-electron chi connectivity index (χ1n) is 4.59. The van der Waals surface area contributed by atoms with Crippen LogP contribution in [0.5, 0.6) is 0 Å². The minimum Gasteiger partial charge on any atom is -0.370 e. The van der Waals surface area contributed by atoms with Crippen molar-refractivity contribution < 1.29 is 13.2 Å². The molecular formula is C11H10F3N. The molecule has 0 spiro atoms. The lowest BCUT2D eigenvalue weighted by molar-refractivity contribution is -0.132. The molecule has 1 aliphatic rings. The maximum atomic E-state index is 12.5. The summed E-state index contributed by atoms with van der Waals surface area (Å²) in [7, 11) is 0. The number of para-hydroxylation sites is 1. The number of nitrogens with one attached hydrogen (secondary N) is 1. The highest BCUT2D eigenvalue weighted by Gasteiger charge is 2.39. The van der Waals surface area contributed by atoms with Crippen LogP contribution in [0.3, 0.4) is 0 Å². The van der Waals surface area contributed by atoms with Gasteiger partial charge in [0.1, 0.15) is 6.04 Å². The van der Waals surface area contributed by atoms with Gasteiger partial charge in [-0.1, -0.05) is 18.2 Å². The second-order valence-corrected chi connectivity index (χ2v) is 3.56. The van der Waals surface area contributed by atoms with Crippen molar-refractivity contribution in [3.05, 3.63) is 35.9 Å². The average Bonchev–Trinajstić information content (AvgIpc) is 2.16. The molecule has 4 heteroatoms. The molecule has 1 heterocycles. The molecule has 2 rings (SSSR count). The number of halogens is 3. The molecule has 0 saturated carbocycles. The van der Waals surface area contributed by atoms with Gasteiger partial charge in [0, 0.05) is 11.3 Å². The van der Waals surface area contributed by atoms with Gasteiger partial charge in [-0.15, -0.1) is 0 Å². The highest BCUT2D eigenvalue weighted by atomic mass is 19.4. The Bertz CT molecular complexity index is 407. The summed E-state index contributed by atoms with van der Waals surface area (Å²) in [6, 6.07) is 5.42. The minimum atomic E-state index is -4.24. The number of anilines is 1. The zero-order chi connectivity index (χ0) is 11.1. The molecule has 0 saturated heterocycles. The van der Waals surface area contributed by atoms with Crippen molar-refractivity contribution in [1.29, 1.82) is 0 Å². The van der Waals surface area contributed by atoms with Crippen LogP contribution in [0.4, 0.5) is 18.9 Å². The molecule has 1 aromatic rings. The van der Waals surface area contributed by atoms with E-state index < -0.39 is 12.2 Å². The smallest absolute Gasteiger partial charge is 0.370 e. The minimum absolute atomic E-state index is 0.542. The number of allylic oxidation sites excluding steroid dienone is 1. The van der Waals surface area contributed by atoms with E-state index >= 15 is 0 Å². The standard InChI is InChI=1S/C11H10F3N/c1-7-6-10(11(12,13)14)15-9-5-3-2-4-8(7)9/h2-6,10,15H,1H3. The second-order valence-electron chi connectivity index (χ2n) is 3.56. The third-order valence-electron chi connectivity index (χ3n) is 2.43. The number of fused-ring (bicyclic) bond motifs is 1. The zero-order valence-electron chi connectivity index (χ0n) is 8.10. The Balaban J connectivity index is 2.41. The van der Waals surface area contributed by atoms with Crippen molar-refractivity contribution in [2.45, 2.75) is 19.1 Å². The van der Waals surface area contributed by atoms with Gasteiger partial charge in [0.2, 0.25) is 0 Å². The Hall–Kier alpha value is -1.45. The monoisotopic (exact) mass is 213 g/mol. The van der Waals surface area contributed by atoms with E-state index in [4.69, 9.17) is 0 Å². The number of hydrogen-bond acceptors (Lipinski definition) is 1. The fraction of sp³-hybridized carbons (Fsp3) is 0.273. The molecule has 15 heavy (non-hydrogen) atoms. The third-order valence-corrected chi connectivity index (χ3v) is 2.43. The molecule has 1 unspecified atom stereocenters. The van der Waals surface area contributed by atoms with Crippen molar-refractivity contribution in [3.63, 3.8) is 0 Å². The molecule has 1 aromatic carbocycles. The number of hydrogen-bond donors (Lipinski definition) is 1. The second kappa shape index (κ2) is 3.29. The Morgan fingerprint density at radius 2 is 1.87 bits per heavy atom. The molecule has 1 atom stereocenters. The van der Waals surface area contributed by atoms with E-state index in [0.29, 0.717) is 11.3 Å². The van der Waals surface area contributed by atoms with Gasteiger partial charge in [-0.3, -0.25) is 0 Å². The molecule has 1 N–H and O–H groups in total. The Labute approximate surface area is 85.6 Å². The van der Waals surface area contributed by atoms with Crippen LogP contribution in [-0.2, 0) is 0 Å². The lowest BCUT2D eigenvalue weighted by atomic mass is 9.98. The SMILES string of the molecule is CC1=CC(C(F)(F)F)Nc2ccccc21. The molecule has 80 valence electrons. The lowest BCUT2D eigenvalue weighted by Crippen LogP contribution is -2.36. The number of rotatable bonds is 0. The Kier molecular flexibility index (Phi) is 2.21. The van der Waals surface area contributed by atoms with Gasteiger partial charge in [0.15, 0.2) is 0 Å². The molecule has 0 radical (unpaired) electrons. The average molecular weight is 213 g/mol. The normalized spacial score (nSPS) is 20.3. The fourth-order valence-electron chi connectivity index (χ4n) is 1.68. The topological polar surface area (TPSA) is 12.0 Å². The quantitative estimate of drug-likeness (QED) is 0.696. The van der Waals surface area contributed by atoms with E-state index in [2.05, 4.69) is 5.32 Å². The van der Waals surface area contributed by atoms with E-state index in [1.165, 1.54) is 6.08 Å². The maximum Gasteiger partial charge on any atom is 0.412 e. The summed E-state index contributed by atoms with van der Waals surface area (Å²) in [6.45, 7) is 1.69. The van der Waals surface area contributed by atoms with E-state index in [0.717, 1.165) is 5.56 Å². The molecule has 0 amide bonds. The summed E-state index contributed by atoms with van der Waals surface area (Å²) in [5, 5.41) is 2.47. The van der Waals surface area contributed by atoms with Crippen molar-refractivity contribution >= 4 is 11.3 Å². The van der Waals surface area contributed by atoms with E-state index in [-0.39, 0.29) is 0 Å². The largest absolute Gasteiger partial charge is 0.412 e. The fourth-order valence-corrected chi connectivity index (χ4v) is 1.68. The van der Waals surface area contributed by atoms with Crippen LogP contribution in [0.1, 0.15) is 12.5 Å². The highest BCUT2D eigenvalue weighted by molar-refractivity contribution is 5.79. The molecule has 0 bridgehead atoms. The first-order chi connectivity index (χ1) is 6.98. The van der Waals surface area contributed by atoms with E-state index in [9.17, 15) is 13.2 Å². The van der Waals surface area contributed by atoms with Crippen LogP contribution in [0.15, 0.2) is 30.3 Å². The summed E-state index contributed by atoms with van der Waals surface area (Å²) in [5.41, 5.74) is 2.03. The van der Waals surface area contributed by atoms with E-state index in [1.54, 1.807) is 25.1 Å². The predicted molar refractivity (Wildman–Crippen MR) is 53.6 cm³/mol. The van der Waals surface area contributed by atoms with Gasteiger partial charge in [-0.2, -0.15) is 13.2 Å². The van der Waals surface area contributed by atoms with Gasteiger partial charge in [-0.25, -0.2) is 0 Å². The first-order valence-corrected chi connectivity index (χ1v) is 4.59. The van der Waals surface area contributed by atoms with Crippen molar-refractivity contribution in [1.82, 2.24) is 0 Å². The van der Waals surface area contributed by atoms with Crippen molar-refractivity contribution in [2.24, 2.45) is 0 Å². The Morgan fingerprint density at radius 1 is 1.20 bits per heavy atom. The van der Waals surface area contributed by atoms with Crippen LogP contribution in [0.25, 0.3) is 5.57 Å². The van der Waals surface area contributed by atoms with Crippen molar-refractivity contribution in [2.75, 3.05) is 5.32 Å². The van der Waals surface area contributed by atoms with Crippen LogP contribution < -0.4 is 5.32 Å². The molecule has 0 aliphatic carbocycles. The maximum absolute atomic E-state index is 12.5. The van der Waals surface area contributed by atoms with Crippen LogP contribution >= 0.6 is 0 Å². The van der Waals surface area contributed by atoms with Gasteiger partial charge >= 0.3 is 6.18 Å². The van der Waals surface area contributed by atoms with Gasteiger partial charge in [0.05, 0.1) is 0 Å². The summed E-state index contributed by atoms with van der Waals surface area (Å²) in [5.74, 6) is 0. The molecule has 0 fully saturated rings. The van der Waals surface area contributed by atoms with Crippen LogP contribution in [0, 0.1) is 0 Å². The lowest BCUT2D eigenvalue weighted by Gasteiger charge is -2.26. The summed E-state index contributed by atoms with van der Waals surface area (Å²) < 4.78 is 37.5. The first kappa shape index (κ1) is 10.1. The van der Waals surface area contributed by atoms with Crippen molar-refractivity contribution in [3.8, 4) is 0 Å². The number of benzene rings is 1. The van der Waals surface area contributed by atoms with Crippen LogP contribution in [0.2, 0.25) is 0 Å². The molecule has 1 aliphatic heterocycles. The van der Waals surface area contributed by atoms with E-state index in [1.807, 2.05) is 6.07 Å². The third kappa shape index (κ3) is 1.84. The van der Waals surface area contributed by atoms with Gasteiger partial charge in [0.25, 0.3) is 0 Å². The Morgan fingerprint density at radius 3 is 2.53 bits per heavy atom. The van der Waals surface area contributed by atoms with Gasteiger partial charge in [-0.05, 0) is 24.6 Å². The number of alkyl halides is 3. The summed E-state index contributed by atoms with van der Waals surface area (Å²) in [4.78, 5) is 0. The summed E-state index contributed by atoms with van der Waals surface area (Å²) >= 11 is 0. The predicted octanol–water partition coefficient (Wildman–Crippen LogP) is 3.45. The highest BCUT2D eigenvalue weighted by Crippen LogP contribution is 2.34. The molecule has 1 nitrogen and oxygen atoms in total. The van der Waals surface area contributed by atoms with Gasteiger partial charge < -0.3 is 5.32 Å². The molecule has 0 aromatic heterocycles.